The first-order valence-corrected chi connectivity index (χ1v) is 5.46. The van der Waals surface area contributed by atoms with Crippen LogP contribution in [-0.2, 0) is 10.4 Å². The molecule has 0 aromatic carbocycles. The number of rotatable bonds is 4. The van der Waals surface area contributed by atoms with Crippen LogP contribution in [0.5, 0.6) is 0 Å². The van der Waals surface area contributed by atoms with Crippen molar-refractivity contribution in [2.75, 3.05) is 24.7 Å². The van der Waals surface area contributed by atoms with Gasteiger partial charge in [0, 0.05) is 11.5 Å². The Balaban J connectivity index is 0. The number of aliphatic hydroxyl groups is 2. The van der Waals surface area contributed by atoms with Crippen LogP contribution in [0.3, 0.4) is 0 Å². The molecule has 0 saturated carbocycles. The largest absolute Gasteiger partial charge is 0.396 e. The Morgan fingerprint density at radius 1 is 1.00 bits per heavy atom. The Morgan fingerprint density at radius 2 is 1.25 bits per heavy atom. The molecule has 0 atom stereocenters. The second-order valence-corrected chi connectivity index (χ2v) is 3.63. The standard InChI is InChI=1S/C4H10O2S.H2O4S/c5-1-3-7-4-2-6;1-5(2,3)4/h5-6H,1-4H2;(H2,1,2,3,4). The molecule has 0 aliphatic carbocycles. The summed E-state index contributed by atoms with van der Waals surface area (Å²) >= 11 is 1.55. The van der Waals surface area contributed by atoms with Crippen molar-refractivity contribution in [1.82, 2.24) is 0 Å². The topological polar surface area (TPSA) is 115 Å². The summed E-state index contributed by atoms with van der Waals surface area (Å²) in [6, 6.07) is 0. The van der Waals surface area contributed by atoms with Crippen molar-refractivity contribution in [2.24, 2.45) is 0 Å². The van der Waals surface area contributed by atoms with Crippen LogP contribution < -0.4 is 0 Å². The molecule has 0 spiro atoms. The lowest BCUT2D eigenvalue weighted by molar-refractivity contribution is 0.318. The smallest absolute Gasteiger partial charge is 0.394 e. The summed E-state index contributed by atoms with van der Waals surface area (Å²) in [7, 11) is -4.67. The van der Waals surface area contributed by atoms with Crippen molar-refractivity contribution in [1.29, 1.82) is 0 Å². The molecule has 0 heterocycles. The second kappa shape index (κ2) is 9.23. The summed E-state index contributed by atoms with van der Waals surface area (Å²) in [5.41, 5.74) is 0. The molecule has 0 unspecified atom stereocenters. The summed E-state index contributed by atoms with van der Waals surface area (Å²) in [6.45, 7) is 0.426. The van der Waals surface area contributed by atoms with Crippen LogP contribution in [0.15, 0.2) is 0 Å². The number of hydrogen-bond acceptors (Lipinski definition) is 5. The van der Waals surface area contributed by atoms with Crippen LogP contribution in [0, 0.1) is 0 Å². The fraction of sp³-hybridized carbons (Fsp3) is 1.00. The van der Waals surface area contributed by atoms with E-state index >= 15 is 0 Å². The molecule has 76 valence electrons. The zero-order valence-electron chi connectivity index (χ0n) is 6.25. The minimum absolute atomic E-state index is 0.213. The normalized spacial score (nSPS) is 10.3. The van der Waals surface area contributed by atoms with Crippen molar-refractivity contribution in [2.45, 2.75) is 0 Å². The van der Waals surface area contributed by atoms with Gasteiger partial charge < -0.3 is 10.2 Å². The van der Waals surface area contributed by atoms with Gasteiger partial charge in [-0.25, -0.2) is 0 Å². The average molecular weight is 220 g/mol. The predicted octanol–water partition coefficient (Wildman–Crippen LogP) is -0.949. The first-order valence-electron chi connectivity index (χ1n) is 2.91. The van der Waals surface area contributed by atoms with Gasteiger partial charge in [0.1, 0.15) is 0 Å². The SMILES string of the molecule is O=S(=O)(O)O.OCCSCCO. The lowest BCUT2D eigenvalue weighted by Gasteiger charge is -1.90. The molecule has 12 heavy (non-hydrogen) atoms. The summed E-state index contributed by atoms with van der Waals surface area (Å²) in [5, 5.41) is 16.4. The van der Waals surface area contributed by atoms with E-state index in [9.17, 15) is 0 Å². The van der Waals surface area contributed by atoms with Crippen molar-refractivity contribution < 1.29 is 27.7 Å². The molecular weight excluding hydrogens is 208 g/mol. The first kappa shape index (κ1) is 14.7. The van der Waals surface area contributed by atoms with E-state index in [-0.39, 0.29) is 13.2 Å². The fourth-order valence-electron chi connectivity index (χ4n) is 0.231. The summed E-state index contributed by atoms with van der Waals surface area (Å²) < 4.78 is 31.6. The van der Waals surface area contributed by atoms with E-state index in [2.05, 4.69) is 0 Å². The summed E-state index contributed by atoms with van der Waals surface area (Å²) in [4.78, 5) is 0. The number of thioether (sulfide) groups is 1. The van der Waals surface area contributed by atoms with E-state index in [1.165, 1.54) is 0 Å². The van der Waals surface area contributed by atoms with Gasteiger partial charge in [0.05, 0.1) is 13.2 Å². The third kappa shape index (κ3) is 49.4. The maximum atomic E-state index is 8.74. The fourth-order valence-corrected chi connectivity index (χ4v) is 0.693. The minimum atomic E-state index is -4.67. The molecule has 0 fully saturated rings. The zero-order chi connectivity index (χ0) is 10.0. The van der Waals surface area contributed by atoms with Crippen LogP contribution in [-0.4, -0.2) is 52.5 Å². The van der Waals surface area contributed by atoms with E-state index in [0.717, 1.165) is 11.5 Å². The lowest BCUT2D eigenvalue weighted by Crippen LogP contribution is -1.91. The average Bonchev–Trinajstić information content (AvgIpc) is 1.85. The molecule has 0 saturated heterocycles. The first-order chi connectivity index (χ1) is 5.41. The van der Waals surface area contributed by atoms with Gasteiger partial charge in [-0.05, 0) is 0 Å². The van der Waals surface area contributed by atoms with Crippen molar-refractivity contribution >= 4 is 22.2 Å². The van der Waals surface area contributed by atoms with Gasteiger partial charge in [-0.2, -0.15) is 20.2 Å². The van der Waals surface area contributed by atoms with Crippen LogP contribution in [0.4, 0.5) is 0 Å². The zero-order valence-corrected chi connectivity index (χ0v) is 7.88. The Bertz CT molecular complexity index is 152. The van der Waals surface area contributed by atoms with Crippen LogP contribution in [0.25, 0.3) is 0 Å². The van der Waals surface area contributed by atoms with E-state index in [1.54, 1.807) is 11.8 Å². The Morgan fingerprint density at radius 3 is 1.42 bits per heavy atom. The molecule has 6 nitrogen and oxygen atoms in total. The molecule has 0 amide bonds. The third-order valence-corrected chi connectivity index (χ3v) is 1.41. The van der Waals surface area contributed by atoms with Crippen LogP contribution in [0.1, 0.15) is 0 Å². The van der Waals surface area contributed by atoms with E-state index in [4.69, 9.17) is 27.7 Å². The maximum absolute atomic E-state index is 8.74. The minimum Gasteiger partial charge on any atom is -0.396 e. The predicted molar refractivity (Wildman–Crippen MR) is 45.7 cm³/mol. The van der Waals surface area contributed by atoms with Gasteiger partial charge in [-0.15, -0.1) is 0 Å². The van der Waals surface area contributed by atoms with E-state index in [1.807, 2.05) is 0 Å². The lowest BCUT2D eigenvalue weighted by atomic mass is 10.9. The maximum Gasteiger partial charge on any atom is 0.394 e. The summed E-state index contributed by atoms with van der Waals surface area (Å²) in [5.74, 6) is 1.47. The molecule has 0 radical (unpaired) electrons. The quantitative estimate of drug-likeness (QED) is 0.356. The molecule has 0 bridgehead atoms. The van der Waals surface area contributed by atoms with Gasteiger partial charge in [-0.3, -0.25) is 9.11 Å². The highest BCUT2D eigenvalue weighted by atomic mass is 32.3. The number of hydrogen-bond donors (Lipinski definition) is 4. The van der Waals surface area contributed by atoms with Gasteiger partial charge in [0.15, 0.2) is 0 Å². The van der Waals surface area contributed by atoms with Crippen molar-refractivity contribution in [3.63, 3.8) is 0 Å². The van der Waals surface area contributed by atoms with Gasteiger partial charge in [0.2, 0.25) is 0 Å². The Kier molecular flexibility index (Phi) is 11.3. The highest BCUT2D eigenvalue weighted by Gasteiger charge is 1.84. The third-order valence-electron chi connectivity index (χ3n) is 0.471. The van der Waals surface area contributed by atoms with Crippen molar-refractivity contribution in [3.05, 3.63) is 0 Å². The Labute approximate surface area is 75.2 Å². The molecule has 0 aromatic rings. The van der Waals surface area contributed by atoms with Crippen LogP contribution >= 0.6 is 11.8 Å². The highest BCUT2D eigenvalue weighted by Crippen LogP contribution is 1.94. The molecule has 8 heteroatoms. The molecule has 0 rings (SSSR count). The van der Waals surface area contributed by atoms with E-state index in [0.29, 0.717) is 0 Å². The summed E-state index contributed by atoms with van der Waals surface area (Å²) in [6.07, 6.45) is 0. The Hall–Kier alpha value is 0.140. The molecule has 0 aliphatic rings. The number of aliphatic hydroxyl groups excluding tert-OH is 2. The van der Waals surface area contributed by atoms with E-state index < -0.39 is 10.4 Å². The van der Waals surface area contributed by atoms with Crippen molar-refractivity contribution in [3.8, 4) is 0 Å². The highest BCUT2D eigenvalue weighted by molar-refractivity contribution is 7.99. The molecule has 0 aliphatic heterocycles. The molecular formula is C4H12O6S2. The van der Waals surface area contributed by atoms with Gasteiger partial charge in [0.25, 0.3) is 0 Å². The monoisotopic (exact) mass is 220 g/mol. The molecule has 0 aromatic heterocycles. The van der Waals surface area contributed by atoms with Gasteiger partial charge >= 0.3 is 10.4 Å². The van der Waals surface area contributed by atoms with Crippen LogP contribution in [0.2, 0.25) is 0 Å². The second-order valence-electron chi connectivity index (χ2n) is 1.51. The molecule has 4 N–H and O–H groups in total. The van der Waals surface area contributed by atoms with Gasteiger partial charge in [-0.1, -0.05) is 0 Å².